The van der Waals surface area contributed by atoms with Crippen LogP contribution in [0.3, 0.4) is 0 Å². The van der Waals surface area contributed by atoms with Crippen LogP contribution in [0.1, 0.15) is 17.8 Å². The summed E-state index contributed by atoms with van der Waals surface area (Å²) in [6, 6.07) is 0.00856. The van der Waals surface area contributed by atoms with Gasteiger partial charge in [-0.3, -0.25) is 4.79 Å². The highest BCUT2D eigenvalue weighted by molar-refractivity contribution is 5.82. The molecule has 1 aliphatic heterocycles. The molecule has 1 aliphatic rings. The summed E-state index contributed by atoms with van der Waals surface area (Å²) in [6.45, 7) is 3.39. The van der Waals surface area contributed by atoms with E-state index in [1.807, 2.05) is 6.92 Å². The van der Waals surface area contributed by atoms with Gasteiger partial charge in [0.05, 0.1) is 24.6 Å². The fraction of sp³-hybridized carbons (Fsp3) is 0.556. The number of aryl methyl sites for hydroxylation is 1. The van der Waals surface area contributed by atoms with Gasteiger partial charge in [0, 0.05) is 5.69 Å². The average Bonchev–Trinajstić information content (AvgIpc) is 2.44. The van der Waals surface area contributed by atoms with Crippen LogP contribution in [0.15, 0.2) is 6.33 Å². The van der Waals surface area contributed by atoms with Crippen LogP contribution in [0, 0.1) is 6.92 Å². The molecular formula is C9H14N4O. The van der Waals surface area contributed by atoms with Crippen molar-refractivity contribution in [3.05, 3.63) is 17.7 Å². The molecule has 0 saturated carbocycles. The van der Waals surface area contributed by atoms with Crippen LogP contribution >= 0.6 is 0 Å². The molecule has 0 aliphatic carbocycles. The molecule has 1 atom stereocenters. The zero-order chi connectivity index (χ0) is 9.97. The average molecular weight is 194 g/mol. The zero-order valence-electron chi connectivity index (χ0n) is 8.13. The van der Waals surface area contributed by atoms with Crippen molar-refractivity contribution in [2.75, 3.05) is 6.54 Å². The number of hydrogen-bond donors (Lipinski definition) is 3. The zero-order valence-corrected chi connectivity index (χ0v) is 8.13. The van der Waals surface area contributed by atoms with Gasteiger partial charge >= 0.3 is 0 Å². The maximum atomic E-state index is 11.4. The topological polar surface area (TPSA) is 69.8 Å². The number of rotatable bonds is 3. The van der Waals surface area contributed by atoms with Gasteiger partial charge in [-0.1, -0.05) is 0 Å². The van der Waals surface area contributed by atoms with E-state index < -0.39 is 0 Å². The highest BCUT2D eigenvalue weighted by Crippen LogP contribution is 2.03. The van der Waals surface area contributed by atoms with Crippen molar-refractivity contribution >= 4 is 5.91 Å². The molecule has 5 nitrogen and oxygen atoms in total. The smallest absolute Gasteiger partial charge is 0.237 e. The lowest BCUT2D eigenvalue weighted by Gasteiger charge is -2.26. The van der Waals surface area contributed by atoms with Crippen LogP contribution in [-0.2, 0) is 11.3 Å². The van der Waals surface area contributed by atoms with Crippen LogP contribution in [-0.4, -0.2) is 28.5 Å². The van der Waals surface area contributed by atoms with Crippen molar-refractivity contribution < 1.29 is 4.79 Å². The van der Waals surface area contributed by atoms with E-state index in [1.165, 1.54) is 0 Å². The maximum Gasteiger partial charge on any atom is 0.237 e. The first kappa shape index (κ1) is 9.21. The van der Waals surface area contributed by atoms with Gasteiger partial charge in [-0.2, -0.15) is 0 Å². The second kappa shape index (κ2) is 3.79. The lowest BCUT2D eigenvalue weighted by molar-refractivity contribution is -0.124. The molecule has 76 valence electrons. The first-order valence-electron chi connectivity index (χ1n) is 4.77. The van der Waals surface area contributed by atoms with E-state index in [0.717, 1.165) is 24.4 Å². The molecule has 2 heterocycles. The first-order valence-corrected chi connectivity index (χ1v) is 4.77. The van der Waals surface area contributed by atoms with Crippen molar-refractivity contribution in [2.24, 2.45) is 0 Å². The van der Waals surface area contributed by atoms with E-state index >= 15 is 0 Å². The molecule has 0 bridgehead atoms. The summed E-state index contributed by atoms with van der Waals surface area (Å²) in [5, 5.41) is 5.89. The Bertz CT molecular complexity index is 329. The summed E-state index contributed by atoms with van der Waals surface area (Å²) in [7, 11) is 0. The fourth-order valence-electron chi connectivity index (χ4n) is 1.37. The summed E-state index contributed by atoms with van der Waals surface area (Å²) < 4.78 is 0. The van der Waals surface area contributed by atoms with Gasteiger partial charge in [-0.05, 0) is 19.9 Å². The van der Waals surface area contributed by atoms with E-state index in [1.54, 1.807) is 6.33 Å². The minimum absolute atomic E-state index is 0.00856. The lowest BCUT2D eigenvalue weighted by atomic mass is 10.1. The SMILES string of the molecule is Cc1[nH]cnc1CNC(=O)C1CCN1. The number of aromatic amines is 1. The van der Waals surface area contributed by atoms with Crippen LogP contribution in [0.2, 0.25) is 0 Å². The molecule has 2 rings (SSSR count). The second-order valence-electron chi connectivity index (χ2n) is 3.49. The van der Waals surface area contributed by atoms with E-state index in [9.17, 15) is 4.79 Å². The van der Waals surface area contributed by atoms with Crippen molar-refractivity contribution in [3.8, 4) is 0 Å². The van der Waals surface area contributed by atoms with Gasteiger partial charge < -0.3 is 15.6 Å². The Hall–Kier alpha value is -1.36. The fourth-order valence-corrected chi connectivity index (χ4v) is 1.37. The van der Waals surface area contributed by atoms with Crippen LogP contribution in [0.4, 0.5) is 0 Å². The number of aromatic nitrogens is 2. The van der Waals surface area contributed by atoms with Gasteiger partial charge in [-0.15, -0.1) is 0 Å². The van der Waals surface area contributed by atoms with Crippen molar-refractivity contribution in [1.29, 1.82) is 0 Å². The van der Waals surface area contributed by atoms with Gasteiger partial charge in [-0.25, -0.2) is 4.98 Å². The van der Waals surface area contributed by atoms with E-state index in [2.05, 4.69) is 20.6 Å². The minimum Gasteiger partial charge on any atom is -0.349 e. The Morgan fingerprint density at radius 1 is 1.79 bits per heavy atom. The largest absolute Gasteiger partial charge is 0.349 e. The van der Waals surface area contributed by atoms with E-state index in [-0.39, 0.29) is 11.9 Å². The third-order valence-electron chi connectivity index (χ3n) is 2.50. The van der Waals surface area contributed by atoms with Crippen LogP contribution in [0.5, 0.6) is 0 Å². The third kappa shape index (κ3) is 1.77. The Balaban J connectivity index is 1.82. The van der Waals surface area contributed by atoms with Crippen molar-refractivity contribution in [2.45, 2.75) is 25.9 Å². The Kier molecular flexibility index (Phi) is 2.49. The molecule has 5 heteroatoms. The predicted molar refractivity (Wildman–Crippen MR) is 51.6 cm³/mol. The summed E-state index contributed by atoms with van der Waals surface area (Å²) in [5.74, 6) is 0.0682. The van der Waals surface area contributed by atoms with E-state index in [4.69, 9.17) is 0 Å². The molecule has 1 saturated heterocycles. The van der Waals surface area contributed by atoms with Gasteiger partial charge in [0.1, 0.15) is 0 Å². The number of nitrogens with zero attached hydrogens (tertiary/aromatic N) is 1. The number of carbonyl (C=O) groups excluding carboxylic acids is 1. The molecule has 14 heavy (non-hydrogen) atoms. The second-order valence-corrected chi connectivity index (χ2v) is 3.49. The van der Waals surface area contributed by atoms with Crippen molar-refractivity contribution in [1.82, 2.24) is 20.6 Å². The lowest BCUT2D eigenvalue weighted by Crippen LogP contribution is -2.53. The summed E-state index contributed by atoms with van der Waals surface area (Å²) in [6.07, 6.45) is 2.57. The summed E-state index contributed by atoms with van der Waals surface area (Å²) >= 11 is 0. The molecule has 1 fully saturated rings. The highest BCUT2D eigenvalue weighted by atomic mass is 16.2. The van der Waals surface area contributed by atoms with Crippen molar-refractivity contribution in [3.63, 3.8) is 0 Å². The molecule has 1 unspecified atom stereocenters. The quantitative estimate of drug-likeness (QED) is 0.618. The molecule has 0 aromatic carbocycles. The highest BCUT2D eigenvalue weighted by Gasteiger charge is 2.23. The molecule has 1 amide bonds. The Morgan fingerprint density at radius 2 is 2.57 bits per heavy atom. The molecule has 0 spiro atoms. The first-order chi connectivity index (χ1) is 6.77. The van der Waals surface area contributed by atoms with E-state index in [0.29, 0.717) is 6.54 Å². The monoisotopic (exact) mass is 194 g/mol. The number of hydrogen-bond acceptors (Lipinski definition) is 3. The number of H-pyrrole nitrogens is 1. The number of imidazole rings is 1. The number of nitrogens with one attached hydrogen (secondary N) is 3. The molecule has 0 radical (unpaired) electrons. The van der Waals surface area contributed by atoms with Gasteiger partial charge in [0.2, 0.25) is 5.91 Å². The van der Waals surface area contributed by atoms with Crippen LogP contribution < -0.4 is 10.6 Å². The summed E-state index contributed by atoms with van der Waals surface area (Å²) in [5.41, 5.74) is 1.91. The number of carbonyl (C=O) groups is 1. The molecule has 3 N–H and O–H groups in total. The molecule has 1 aromatic rings. The molecular weight excluding hydrogens is 180 g/mol. The van der Waals surface area contributed by atoms with Gasteiger partial charge in [0.15, 0.2) is 0 Å². The van der Waals surface area contributed by atoms with Gasteiger partial charge in [0.25, 0.3) is 0 Å². The number of amides is 1. The van der Waals surface area contributed by atoms with Crippen LogP contribution in [0.25, 0.3) is 0 Å². The predicted octanol–water partition coefficient (Wildman–Crippen LogP) is -0.304. The normalized spacial score (nSPS) is 20.2. The Morgan fingerprint density at radius 3 is 3.07 bits per heavy atom. The third-order valence-corrected chi connectivity index (χ3v) is 2.50. The minimum atomic E-state index is 0.00856. The molecule has 1 aromatic heterocycles. The maximum absolute atomic E-state index is 11.4. The standard InChI is InChI=1S/C9H14N4O/c1-6-8(13-5-12-6)4-11-9(14)7-2-3-10-7/h5,7,10H,2-4H2,1H3,(H,11,14)(H,12,13). The Labute approximate surface area is 82.3 Å². The summed E-state index contributed by atoms with van der Waals surface area (Å²) in [4.78, 5) is 18.5.